The van der Waals surface area contributed by atoms with E-state index in [1.165, 1.54) is 0 Å². The number of aromatic nitrogens is 1. The molecule has 84 valence electrons. The molecule has 0 atom stereocenters. The molecule has 0 saturated carbocycles. The van der Waals surface area contributed by atoms with Gasteiger partial charge in [-0.05, 0) is 40.2 Å². The molecular formula is C12H5Br2NOS. The van der Waals surface area contributed by atoms with Crippen molar-refractivity contribution < 1.29 is 0 Å². The SMILES string of the molecule is O=c1cc2sc3cc(Br)ccc3nc-2cc1Br. The molecule has 1 aromatic carbocycles. The van der Waals surface area contributed by atoms with E-state index in [2.05, 4.69) is 36.8 Å². The minimum Gasteiger partial charge on any atom is -0.289 e. The molecule has 3 rings (SSSR count). The molecule has 2 aliphatic rings. The van der Waals surface area contributed by atoms with Crippen LogP contribution in [0, 0.1) is 0 Å². The quantitative estimate of drug-likeness (QED) is 0.552. The Morgan fingerprint density at radius 1 is 1.12 bits per heavy atom. The van der Waals surface area contributed by atoms with E-state index in [1.807, 2.05) is 18.2 Å². The molecule has 0 radical (unpaired) electrons. The summed E-state index contributed by atoms with van der Waals surface area (Å²) in [7, 11) is 0. The summed E-state index contributed by atoms with van der Waals surface area (Å²) in [6.45, 7) is 0. The summed E-state index contributed by atoms with van der Waals surface area (Å²) in [4.78, 5) is 17.0. The number of nitrogens with zero attached hydrogens (tertiary/aromatic N) is 1. The van der Waals surface area contributed by atoms with Gasteiger partial charge in [0, 0.05) is 10.5 Å². The van der Waals surface area contributed by atoms with Crippen molar-refractivity contribution in [3.05, 3.63) is 49.5 Å². The second-order valence-corrected chi connectivity index (χ2v) is 6.43. The number of hydrogen-bond donors (Lipinski definition) is 0. The number of rotatable bonds is 0. The molecule has 0 fully saturated rings. The van der Waals surface area contributed by atoms with E-state index in [9.17, 15) is 4.79 Å². The predicted octanol–water partition coefficient (Wildman–Crippen LogP) is 4.29. The molecule has 17 heavy (non-hydrogen) atoms. The number of halogens is 2. The fourth-order valence-corrected chi connectivity index (χ4v) is 3.46. The molecule has 1 aromatic rings. The molecule has 1 aliphatic heterocycles. The van der Waals surface area contributed by atoms with Gasteiger partial charge in [-0.2, -0.15) is 0 Å². The Morgan fingerprint density at radius 3 is 2.76 bits per heavy atom. The lowest BCUT2D eigenvalue weighted by Crippen LogP contribution is -2.01. The lowest BCUT2D eigenvalue weighted by atomic mass is 10.2. The van der Waals surface area contributed by atoms with E-state index in [0.717, 1.165) is 25.3 Å². The highest BCUT2D eigenvalue weighted by molar-refractivity contribution is 9.10. The number of fused-ring (bicyclic) bond motifs is 2. The molecule has 1 heterocycles. The van der Waals surface area contributed by atoms with Crippen molar-refractivity contribution >= 4 is 53.4 Å². The fourth-order valence-electron chi connectivity index (χ4n) is 1.60. The van der Waals surface area contributed by atoms with Gasteiger partial charge in [0.05, 0.1) is 25.3 Å². The van der Waals surface area contributed by atoms with E-state index in [4.69, 9.17) is 0 Å². The Bertz CT molecular complexity index is 753. The van der Waals surface area contributed by atoms with E-state index in [1.54, 1.807) is 23.5 Å². The minimum atomic E-state index is -0.00935. The van der Waals surface area contributed by atoms with Crippen LogP contribution in [0.4, 0.5) is 0 Å². The highest BCUT2D eigenvalue weighted by Gasteiger charge is 2.10. The first-order valence-electron chi connectivity index (χ1n) is 4.83. The largest absolute Gasteiger partial charge is 0.289 e. The minimum absolute atomic E-state index is 0.00935. The summed E-state index contributed by atoms with van der Waals surface area (Å²) < 4.78 is 2.64. The van der Waals surface area contributed by atoms with Crippen LogP contribution in [-0.2, 0) is 0 Å². The maximum atomic E-state index is 11.6. The van der Waals surface area contributed by atoms with E-state index in [-0.39, 0.29) is 5.43 Å². The van der Waals surface area contributed by atoms with E-state index in [0.29, 0.717) is 4.47 Å². The molecule has 2 nitrogen and oxygen atoms in total. The molecular weight excluding hydrogens is 366 g/mol. The third kappa shape index (κ3) is 2.03. The van der Waals surface area contributed by atoms with Crippen LogP contribution in [0.1, 0.15) is 0 Å². The standard InChI is InChI=1S/C12H5Br2NOS/c13-6-1-2-8-11(3-6)17-12-5-10(16)7(14)4-9(12)15-8/h1-5H. The van der Waals surface area contributed by atoms with Crippen LogP contribution < -0.4 is 5.43 Å². The molecule has 0 N–H and O–H groups in total. The average Bonchev–Trinajstić information content (AvgIpc) is 2.28. The first kappa shape index (κ1) is 11.3. The predicted molar refractivity (Wildman–Crippen MR) is 77.9 cm³/mol. The Morgan fingerprint density at radius 2 is 1.94 bits per heavy atom. The highest BCUT2D eigenvalue weighted by atomic mass is 79.9. The van der Waals surface area contributed by atoms with Crippen molar-refractivity contribution in [2.75, 3.05) is 0 Å². The van der Waals surface area contributed by atoms with Crippen molar-refractivity contribution in [2.45, 2.75) is 0 Å². The third-order valence-electron chi connectivity index (χ3n) is 2.40. The monoisotopic (exact) mass is 369 g/mol. The van der Waals surface area contributed by atoms with Gasteiger partial charge in [0.2, 0.25) is 0 Å². The Labute approximate surface area is 118 Å². The van der Waals surface area contributed by atoms with Crippen LogP contribution in [0.25, 0.3) is 20.8 Å². The smallest absolute Gasteiger partial charge is 0.194 e. The lowest BCUT2D eigenvalue weighted by Gasteiger charge is -2.06. The Hall–Kier alpha value is -0.780. The van der Waals surface area contributed by atoms with Gasteiger partial charge in [-0.25, -0.2) is 4.98 Å². The van der Waals surface area contributed by atoms with Gasteiger partial charge in [-0.1, -0.05) is 15.9 Å². The lowest BCUT2D eigenvalue weighted by molar-refractivity contribution is 1.39. The summed E-state index contributed by atoms with van der Waals surface area (Å²) >= 11 is 8.24. The normalized spacial score (nSPS) is 11.2. The average molecular weight is 371 g/mol. The van der Waals surface area contributed by atoms with Crippen LogP contribution in [0.15, 0.2) is 44.1 Å². The number of benzene rings is 2. The van der Waals surface area contributed by atoms with Gasteiger partial charge in [-0.3, -0.25) is 4.79 Å². The zero-order valence-corrected chi connectivity index (χ0v) is 12.4. The van der Waals surface area contributed by atoms with E-state index < -0.39 is 0 Å². The zero-order valence-electron chi connectivity index (χ0n) is 8.41. The Balaban J connectivity index is 2.45. The topological polar surface area (TPSA) is 30.0 Å². The second kappa shape index (κ2) is 4.15. The zero-order chi connectivity index (χ0) is 12.0. The fraction of sp³-hybridized carbons (Fsp3) is 0. The third-order valence-corrected chi connectivity index (χ3v) is 4.60. The molecule has 0 amide bonds. The van der Waals surface area contributed by atoms with Gasteiger partial charge in [0.1, 0.15) is 0 Å². The molecule has 5 heteroatoms. The maximum Gasteiger partial charge on any atom is 0.194 e. The van der Waals surface area contributed by atoms with Gasteiger partial charge in [0.15, 0.2) is 5.43 Å². The van der Waals surface area contributed by atoms with Crippen LogP contribution in [0.3, 0.4) is 0 Å². The summed E-state index contributed by atoms with van der Waals surface area (Å²) in [5.41, 5.74) is 1.78. The van der Waals surface area contributed by atoms with Gasteiger partial charge in [-0.15, -0.1) is 11.3 Å². The highest BCUT2D eigenvalue weighted by Crippen LogP contribution is 2.32. The molecule has 0 spiro atoms. The van der Waals surface area contributed by atoms with Crippen LogP contribution in [0.2, 0.25) is 0 Å². The van der Waals surface area contributed by atoms with Crippen molar-refractivity contribution in [1.29, 1.82) is 0 Å². The van der Waals surface area contributed by atoms with Crippen LogP contribution in [-0.4, -0.2) is 4.98 Å². The van der Waals surface area contributed by atoms with Crippen LogP contribution in [0.5, 0.6) is 0 Å². The van der Waals surface area contributed by atoms with Gasteiger partial charge < -0.3 is 0 Å². The molecule has 0 unspecified atom stereocenters. The molecule has 0 saturated heterocycles. The maximum absolute atomic E-state index is 11.6. The van der Waals surface area contributed by atoms with Crippen molar-refractivity contribution in [1.82, 2.24) is 4.98 Å². The van der Waals surface area contributed by atoms with E-state index >= 15 is 0 Å². The summed E-state index contributed by atoms with van der Waals surface area (Å²) in [6.07, 6.45) is 0. The summed E-state index contributed by atoms with van der Waals surface area (Å²) in [5, 5.41) is 0. The van der Waals surface area contributed by atoms with Crippen LogP contribution >= 0.6 is 43.2 Å². The summed E-state index contributed by atoms with van der Waals surface area (Å²) in [5.74, 6) is 0. The van der Waals surface area contributed by atoms with Crippen molar-refractivity contribution in [3.63, 3.8) is 0 Å². The van der Waals surface area contributed by atoms with Gasteiger partial charge >= 0.3 is 0 Å². The molecule has 0 bridgehead atoms. The first-order chi connectivity index (χ1) is 8.13. The second-order valence-electron chi connectivity index (χ2n) is 3.58. The summed E-state index contributed by atoms with van der Waals surface area (Å²) in [6, 6.07) is 9.34. The van der Waals surface area contributed by atoms with Crippen molar-refractivity contribution in [2.24, 2.45) is 0 Å². The molecule has 0 aromatic heterocycles. The Kier molecular flexibility index (Phi) is 2.77. The first-order valence-corrected chi connectivity index (χ1v) is 7.23. The number of hydrogen-bond acceptors (Lipinski definition) is 3. The molecule has 1 aliphatic carbocycles. The van der Waals surface area contributed by atoms with Crippen molar-refractivity contribution in [3.8, 4) is 10.6 Å². The van der Waals surface area contributed by atoms with Gasteiger partial charge in [0.25, 0.3) is 0 Å².